The fraction of sp³-hybridized carbons (Fsp3) is 0.316. The third kappa shape index (κ3) is 2.12. The summed E-state index contributed by atoms with van der Waals surface area (Å²) in [7, 11) is 0. The Morgan fingerprint density at radius 1 is 1.19 bits per heavy atom. The van der Waals surface area contributed by atoms with Crippen LogP contribution in [0.3, 0.4) is 0 Å². The average molecular weight is 366 g/mol. The second-order valence-electron chi connectivity index (χ2n) is 7.00. The summed E-state index contributed by atoms with van der Waals surface area (Å²) in [5.41, 5.74) is 0.393. The summed E-state index contributed by atoms with van der Waals surface area (Å²) in [5, 5.41) is 2.89. The summed E-state index contributed by atoms with van der Waals surface area (Å²) in [5.74, 6) is -0.131. The van der Waals surface area contributed by atoms with Gasteiger partial charge in [-0.05, 0) is 30.5 Å². The zero-order valence-electron chi connectivity index (χ0n) is 14.5. The number of ether oxygens (including phenoxy) is 1. The fourth-order valence-corrected chi connectivity index (χ4v) is 4.41. The summed E-state index contributed by atoms with van der Waals surface area (Å²) in [6.07, 6.45) is 1.71. The van der Waals surface area contributed by atoms with Crippen LogP contribution in [-0.4, -0.2) is 44.6 Å². The van der Waals surface area contributed by atoms with E-state index in [1.165, 1.54) is 0 Å². The van der Waals surface area contributed by atoms with E-state index in [2.05, 4.69) is 5.32 Å². The fourth-order valence-electron chi connectivity index (χ4n) is 4.41. The number of aromatic nitrogens is 1. The van der Waals surface area contributed by atoms with Crippen molar-refractivity contribution in [3.05, 3.63) is 59.9 Å². The van der Waals surface area contributed by atoms with Gasteiger partial charge >= 0.3 is 12.1 Å². The SMILES string of the molecule is O=C1N[C@@]23CCCN2C(=O)c2cccn2[C@H]3N1C(=O)OCc1ccccc1. The van der Waals surface area contributed by atoms with Gasteiger partial charge < -0.3 is 19.5 Å². The lowest BCUT2D eigenvalue weighted by Gasteiger charge is -2.44. The lowest BCUT2D eigenvalue weighted by molar-refractivity contribution is 0.00795. The number of amides is 4. The van der Waals surface area contributed by atoms with Gasteiger partial charge in [-0.1, -0.05) is 30.3 Å². The molecule has 4 heterocycles. The quantitative estimate of drug-likeness (QED) is 0.884. The largest absolute Gasteiger partial charge is 0.444 e. The highest BCUT2D eigenvalue weighted by atomic mass is 16.6. The zero-order chi connectivity index (χ0) is 18.6. The molecule has 27 heavy (non-hydrogen) atoms. The molecule has 138 valence electrons. The maximum absolute atomic E-state index is 12.8. The number of fused-ring (bicyclic) bond motifs is 2. The van der Waals surface area contributed by atoms with Gasteiger partial charge in [0.1, 0.15) is 12.3 Å². The molecule has 4 amide bonds. The van der Waals surface area contributed by atoms with Crippen molar-refractivity contribution in [2.75, 3.05) is 6.54 Å². The second kappa shape index (κ2) is 5.60. The Labute approximate surface area is 155 Å². The first-order chi connectivity index (χ1) is 13.1. The van der Waals surface area contributed by atoms with Gasteiger partial charge in [0, 0.05) is 12.7 Å². The van der Waals surface area contributed by atoms with Gasteiger partial charge in [-0.15, -0.1) is 0 Å². The van der Waals surface area contributed by atoms with E-state index in [-0.39, 0.29) is 12.5 Å². The molecule has 2 saturated heterocycles. The van der Waals surface area contributed by atoms with Crippen molar-refractivity contribution < 1.29 is 19.1 Å². The van der Waals surface area contributed by atoms with Crippen molar-refractivity contribution in [1.82, 2.24) is 19.7 Å². The Morgan fingerprint density at radius 2 is 2.00 bits per heavy atom. The molecule has 2 atom stereocenters. The molecule has 0 unspecified atom stereocenters. The molecule has 1 aromatic heterocycles. The number of hydrogen-bond acceptors (Lipinski definition) is 4. The minimum Gasteiger partial charge on any atom is -0.444 e. The van der Waals surface area contributed by atoms with Crippen molar-refractivity contribution in [1.29, 1.82) is 0 Å². The topological polar surface area (TPSA) is 83.9 Å². The predicted molar refractivity (Wildman–Crippen MR) is 93.5 cm³/mol. The van der Waals surface area contributed by atoms with Crippen molar-refractivity contribution in [3.8, 4) is 0 Å². The first kappa shape index (κ1) is 15.9. The van der Waals surface area contributed by atoms with Crippen LogP contribution in [0, 0.1) is 0 Å². The molecule has 1 spiro atoms. The van der Waals surface area contributed by atoms with E-state index >= 15 is 0 Å². The Bertz CT molecular complexity index is 940. The molecule has 3 aliphatic rings. The van der Waals surface area contributed by atoms with Gasteiger partial charge in [-0.2, -0.15) is 0 Å². The predicted octanol–water partition coefficient (Wildman–Crippen LogP) is 2.29. The molecule has 2 fully saturated rings. The zero-order valence-corrected chi connectivity index (χ0v) is 14.5. The highest BCUT2D eigenvalue weighted by molar-refractivity contribution is 5.99. The molecular formula is C19H18N4O4. The number of hydrogen-bond donors (Lipinski definition) is 1. The van der Waals surface area contributed by atoms with E-state index in [1.807, 2.05) is 30.3 Å². The summed E-state index contributed by atoms with van der Waals surface area (Å²) < 4.78 is 7.10. The standard InChI is InChI=1S/C19H18N4O4/c24-15-14-8-4-10-21(14)16-19(9-5-11-22(15)19)20-17(25)23(16)18(26)27-12-13-6-2-1-3-7-13/h1-4,6-8,10,16H,5,9,11-12H2,(H,20,25)/t16-,19-/m0/s1. The molecule has 0 saturated carbocycles. The molecule has 1 aromatic carbocycles. The van der Waals surface area contributed by atoms with Crippen LogP contribution in [-0.2, 0) is 11.3 Å². The number of urea groups is 1. The molecular weight excluding hydrogens is 348 g/mol. The Morgan fingerprint density at radius 3 is 2.81 bits per heavy atom. The smallest absolute Gasteiger partial charge is 0.420 e. The minimum atomic E-state index is -0.911. The molecule has 8 heteroatoms. The molecule has 3 aliphatic heterocycles. The third-order valence-electron chi connectivity index (χ3n) is 5.54. The molecule has 0 radical (unpaired) electrons. The third-order valence-corrected chi connectivity index (χ3v) is 5.54. The van der Waals surface area contributed by atoms with Crippen LogP contribution < -0.4 is 5.32 Å². The van der Waals surface area contributed by atoms with Gasteiger partial charge in [0.25, 0.3) is 5.91 Å². The van der Waals surface area contributed by atoms with Crippen LogP contribution in [0.15, 0.2) is 48.7 Å². The number of nitrogens with zero attached hydrogens (tertiary/aromatic N) is 3. The first-order valence-corrected chi connectivity index (χ1v) is 8.93. The van der Waals surface area contributed by atoms with E-state index < -0.39 is 24.0 Å². The first-order valence-electron chi connectivity index (χ1n) is 8.93. The number of rotatable bonds is 2. The molecule has 8 nitrogen and oxygen atoms in total. The van der Waals surface area contributed by atoms with Gasteiger partial charge in [0.2, 0.25) is 0 Å². The Balaban J connectivity index is 1.49. The minimum absolute atomic E-state index is 0.0738. The number of carbonyl (C=O) groups is 3. The molecule has 1 N–H and O–H groups in total. The second-order valence-corrected chi connectivity index (χ2v) is 7.00. The maximum atomic E-state index is 12.8. The van der Waals surface area contributed by atoms with Crippen LogP contribution in [0.4, 0.5) is 9.59 Å². The van der Waals surface area contributed by atoms with Crippen LogP contribution in [0.1, 0.15) is 35.1 Å². The molecule has 0 aliphatic carbocycles. The Kier molecular flexibility index (Phi) is 3.30. The van der Waals surface area contributed by atoms with E-state index in [0.717, 1.165) is 16.9 Å². The van der Waals surface area contributed by atoms with Crippen molar-refractivity contribution >= 4 is 18.0 Å². The highest BCUT2D eigenvalue weighted by Gasteiger charge is 2.64. The van der Waals surface area contributed by atoms with Crippen LogP contribution in [0.5, 0.6) is 0 Å². The normalized spacial score (nSPS) is 25.7. The van der Waals surface area contributed by atoms with E-state index in [0.29, 0.717) is 18.7 Å². The maximum Gasteiger partial charge on any atom is 0.420 e. The van der Waals surface area contributed by atoms with E-state index in [1.54, 1.807) is 27.8 Å². The highest BCUT2D eigenvalue weighted by Crippen LogP contribution is 2.47. The number of carbonyl (C=O) groups excluding carboxylic acids is 3. The lowest BCUT2D eigenvalue weighted by Crippen LogP contribution is -2.62. The summed E-state index contributed by atoms with van der Waals surface area (Å²) >= 11 is 0. The van der Waals surface area contributed by atoms with Gasteiger partial charge in [-0.3, -0.25) is 4.79 Å². The summed E-state index contributed by atoms with van der Waals surface area (Å²) in [6, 6.07) is 12.2. The lowest BCUT2D eigenvalue weighted by atomic mass is 10.0. The number of imide groups is 1. The van der Waals surface area contributed by atoms with Crippen molar-refractivity contribution in [2.45, 2.75) is 31.3 Å². The molecule has 5 rings (SSSR count). The van der Waals surface area contributed by atoms with Crippen LogP contribution in [0.2, 0.25) is 0 Å². The van der Waals surface area contributed by atoms with Crippen molar-refractivity contribution in [2.24, 2.45) is 0 Å². The summed E-state index contributed by atoms with van der Waals surface area (Å²) in [4.78, 5) is 41.1. The monoisotopic (exact) mass is 366 g/mol. The van der Waals surface area contributed by atoms with Gasteiger partial charge in [0.15, 0.2) is 11.8 Å². The summed E-state index contributed by atoms with van der Waals surface area (Å²) in [6.45, 7) is 0.623. The van der Waals surface area contributed by atoms with Gasteiger partial charge in [-0.25, -0.2) is 14.5 Å². The Hall–Kier alpha value is -3.29. The van der Waals surface area contributed by atoms with Crippen LogP contribution >= 0.6 is 0 Å². The average Bonchev–Trinajstić information content (AvgIpc) is 3.37. The molecule has 0 bridgehead atoms. The van der Waals surface area contributed by atoms with Crippen LogP contribution in [0.25, 0.3) is 0 Å². The number of nitrogens with one attached hydrogen (secondary N) is 1. The number of benzene rings is 1. The van der Waals surface area contributed by atoms with E-state index in [4.69, 9.17) is 4.74 Å². The van der Waals surface area contributed by atoms with E-state index in [9.17, 15) is 14.4 Å². The van der Waals surface area contributed by atoms with Crippen molar-refractivity contribution in [3.63, 3.8) is 0 Å². The molecule has 2 aromatic rings. The van der Waals surface area contributed by atoms with Gasteiger partial charge in [0.05, 0.1) is 0 Å².